The summed E-state index contributed by atoms with van der Waals surface area (Å²) in [6, 6.07) is 7.94. The quantitative estimate of drug-likeness (QED) is 0.768. The van der Waals surface area contributed by atoms with E-state index in [1.165, 1.54) is 12.0 Å². The number of hydrogen-bond donors (Lipinski definition) is 1. The van der Waals surface area contributed by atoms with E-state index in [1.54, 1.807) is 0 Å². The summed E-state index contributed by atoms with van der Waals surface area (Å²) in [5.74, 6) is 0. The molecule has 0 unspecified atom stereocenters. The summed E-state index contributed by atoms with van der Waals surface area (Å²) in [5, 5.41) is 4.13. The van der Waals surface area contributed by atoms with E-state index in [2.05, 4.69) is 12.2 Å². The van der Waals surface area contributed by atoms with Gasteiger partial charge in [0.05, 0.1) is 0 Å². The predicted octanol–water partition coefficient (Wildman–Crippen LogP) is 3.26. The van der Waals surface area contributed by atoms with Crippen molar-refractivity contribution >= 4 is 24.0 Å². The molecule has 0 atom stereocenters. The second-order valence-electron chi connectivity index (χ2n) is 2.80. The summed E-state index contributed by atoms with van der Waals surface area (Å²) in [4.78, 5) is 0. The molecule has 0 aliphatic rings. The van der Waals surface area contributed by atoms with Crippen LogP contribution in [0.3, 0.4) is 0 Å². The summed E-state index contributed by atoms with van der Waals surface area (Å²) in [7, 11) is 0. The lowest BCUT2D eigenvalue weighted by atomic mass is 10.2. The van der Waals surface area contributed by atoms with Crippen LogP contribution in [0.4, 0.5) is 0 Å². The van der Waals surface area contributed by atoms with Crippen molar-refractivity contribution < 1.29 is 0 Å². The van der Waals surface area contributed by atoms with E-state index in [4.69, 9.17) is 11.6 Å². The fraction of sp³-hybridized carbons (Fsp3) is 0.400. The number of rotatable bonds is 4. The summed E-state index contributed by atoms with van der Waals surface area (Å²) >= 11 is 5.75. The Morgan fingerprint density at radius 3 is 2.38 bits per heavy atom. The van der Waals surface area contributed by atoms with Crippen LogP contribution in [0.25, 0.3) is 0 Å². The van der Waals surface area contributed by atoms with E-state index in [9.17, 15) is 0 Å². The van der Waals surface area contributed by atoms with Gasteiger partial charge in [0, 0.05) is 11.6 Å². The topological polar surface area (TPSA) is 12.0 Å². The molecule has 3 heteroatoms. The van der Waals surface area contributed by atoms with Crippen LogP contribution in [-0.2, 0) is 6.54 Å². The standard InChI is InChI=1S/C10H14ClN.ClH/c1-2-7-12-8-9-3-5-10(11)6-4-9;/h3-6,12H,2,7-8H2,1H3;1H. The van der Waals surface area contributed by atoms with Gasteiger partial charge in [-0.25, -0.2) is 0 Å². The Kier molecular flexibility index (Phi) is 7.06. The highest BCUT2D eigenvalue weighted by Gasteiger charge is 1.90. The minimum Gasteiger partial charge on any atom is -0.313 e. The molecule has 1 aromatic carbocycles. The average molecular weight is 220 g/mol. The summed E-state index contributed by atoms with van der Waals surface area (Å²) in [5.41, 5.74) is 1.29. The second kappa shape index (κ2) is 7.19. The SMILES string of the molecule is CCCNCc1ccc(Cl)cc1.Cl. The summed E-state index contributed by atoms with van der Waals surface area (Å²) in [6.45, 7) is 4.17. The zero-order valence-corrected chi connectivity index (χ0v) is 9.29. The number of benzene rings is 1. The van der Waals surface area contributed by atoms with Gasteiger partial charge in [-0.1, -0.05) is 30.7 Å². The van der Waals surface area contributed by atoms with Crippen molar-refractivity contribution in [2.24, 2.45) is 0 Å². The molecule has 0 radical (unpaired) electrons. The second-order valence-corrected chi connectivity index (χ2v) is 3.24. The Morgan fingerprint density at radius 2 is 1.85 bits per heavy atom. The Balaban J connectivity index is 0.00000144. The highest BCUT2D eigenvalue weighted by molar-refractivity contribution is 6.30. The largest absolute Gasteiger partial charge is 0.313 e. The number of nitrogens with one attached hydrogen (secondary N) is 1. The Hall–Kier alpha value is -0.240. The van der Waals surface area contributed by atoms with Gasteiger partial charge >= 0.3 is 0 Å². The third-order valence-corrected chi connectivity index (χ3v) is 1.92. The Morgan fingerprint density at radius 1 is 1.23 bits per heavy atom. The minimum atomic E-state index is 0. The fourth-order valence-electron chi connectivity index (χ4n) is 1.01. The molecule has 0 spiro atoms. The Labute approximate surface area is 90.9 Å². The van der Waals surface area contributed by atoms with Crippen LogP contribution >= 0.6 is 24.0 Å². The van der Waals surface area contributed by atoms with Crippen LogP contribution in [-0.4, -0.2) is 6.54 Å². The number of halogens is 2. The monoisotopic (exact) mass is 219 g/mol. The molecule has 0 aliphatic heterocycles. The zero-order valence-electron chi connectivity index (χ0n) is 7.72. The maximum atomic E-state index is 5.75. The molecule has 0 aromatic heterocycles. The zero-order chi connectivity index (χ0) is 8.81. The van der Waals surface area contributed by atoms with Gasteiger partial charge in [-0.2, -0.15) is 0 Å². The van der Waals surface area contributed by atoms with Crippen LogP contribution in [0.1, 0.15) is 18.9 Å². The minimum absolute atomic E-state index is 0. The van der Waals surface area contributed by atoms with Crippen molar-refractivity contribution in [1.29, 1.82) is 0 Å². The van der Waals surface area contributed by atoms with Gasteiger partial charge in [-0.3, -0.25) is 0 Å². The van der Waals surface area contributed by atoms with Crippen molar-refractivity contribution in [1.82, 2.24) is 5.32 Å². The average Bonchev–Trinajstić information content (AvgIpc) is 2.09. The van der Waals surface area contributed by atoms with Gasteiger partial charge in [0.15, 0.2) is 0 Å². The molecule has 13 heavy (non-hydrogen) atoms. The highest BCUT2D eigenvalue weighted by Crippen LogP contribution is 2.08. The van der Waals surface area contributed by atoms with E-state index >= 15 is 0 Å². The fourth-order valence-corrected chi connectivity index (χ4v) is 1.14. The smallest absolute Gasteiger partial charge is 0.0406 e. The van der Waals surface area contributed by atoms with E-state index < -0.39 is 0 Å². The molecule has 1 aromatic rings. The van der Waals surface area contributed by atoms with Gasteiger partial charge in [0.1, 0.15) is 0 Å². The lowest BCUT2D eigenvalue weighted by molar-refractivity contribution is 0.675. The van der Waals surface area contributed by atoms with Gasteiger partial charge in [0.25, 0.3) is 0 Å². The van der Waals surface area contributed by atoms with Crippen LogP contribution in [0.5, 0.6) is 0 Å². The van der Waals surface area contributed by atoms with Crippen LogP contribution < -0.4 is 5.32 Å². The normalized spacial score (nSPS) is 9.38. The van der Waals surface area contributed by atoms with Crippen molar-refractivity contribution in [3.63, 3.8) is 0 Å². The predicted molar refractivity (Wildman–Crippen MR) is 60.7 cm³/mol. The molecular formula is C10H15Cl2N. The lowest BCUT2D eigenvalue weighted by Crippen LogP contribution is -2.13. The van der Waals surface area contributed by atoms with E-state index in [-0.39, 0.29) is 12.4 Å². The Bertz CT molecular complexity index is 221. The first-order chi connectivity index (χ1) is 5.83. The molecule has 1 rings (SSSR count). The molecule has 0 amide bonds. The first-order valence-electron chi connectivity index (χ1n) is 4.28. The van der Waals surface area contributed by atoms with E-state index in [0.29, 0.717) is 0 Å². The molecule has 0 saturated carbocycles. The molecule has 0 heterocycles. The summed E-state index contributed by atoms with van der Waals surface area (Å²) in [6.07, 6.45) is 1.17. The van der Waals surface area contributed by atoms with Crippen molar-refractivity contribution in [3.8, 4) is 0 Å². The molecule has 74 valence electrons. The van der Waals surface area contributed by atoms with Gasteiger partial charge in [-0.15, -0.1) is 12.4 Å². The summed E-state index contributed by atoms with van der Waals surface area (Å²) < 4.78 is 0. The van der Waals surface area contributed by atoms with Crippen molar-refractivity contribution in [2.45, 2.75) is 19.9 Å². The van der Waals surface area contributed by atoms with E-state index in [1.807, 2.05) is 24.3 Å². The maximum absolute atomic E-state index is 5.75. The highest BCUT2D eigenvalue weighted by atomic mass is 35.5. The molecule has 0 bridgehead atoms. The van der Waals surface area contributed by atoms with Crippen LogP contribution in [0.15, 0.2) is 24.3 Å². The first-order valence-corrected chi connectivity index (χ1v) is 4.66. The molecule has 0 saturated heterocycles. The molecule has 1 N–H and O–H groups in total. The molecule has 0 aliphatic carbocycles. The van der Waals surface area contributed by atoms with Crippen LogP contribution in [0, 0.1) is 0 Å². The lowest BCUT2D eigenvalue weighted by Gasteiger charge is -2.02. The maximum Gasteiger partial charge on any atom is 0.0406 e. The van der Waals surface area contributed by atoms with Gasteiger partial charge in [-0.05, 0) is 30.7 Å². The third kappa shape index (κ3) is 5.14. The molecule has 1 nitrogen and oxygen atoms in total. The van der Waals surface area contributed by atoms with Crippen molar-refractivity contribution in [3.05, 3.63) is 34.9 Å². The van der Waals surface area contributed by atoms with Crippen molar-refractivity contribution in [2.75, 3.05) is 6.54 Å². The van der Waals surface area contributed by atoms with Crippen LogP contribution in [0.2, 0.25) is 5.02 Å². The first kappa shape index (κ1) is 12.8. The van der Waals surface area contributed by atoms with Gasteiger partial charge < -0.3 is 5.32 Å². The molecular weight excluding hydrogens is 205 g/mol. The van der Waals surface area contributed by atoms with Gasteiger partial charge in [0.2, 0.25) is 0 Å². The number of hydrogen-bond acceptors (Lipinski definition) is 1. The third-order valence-electron chi connectivity index (χ3n) is 1.67. The van der Waals surface area contributed by atoms with E-state index in [0.717, 1.165) is 18.1 Å². The molecule has 0 fully saturated rings.